The summed E-state index contributed by atoms with van der Waals surface area (Å²) in [5.41, 5.74) is -6.22. The summed E-state index contributed by atoms with van der Waals surface area (Å²) in [5, 5.41) is 59.7. The summed E-state index contributed by atoms with van der Waals surface area (Å²) >= 11 is 0. The van der Waals surface area contributed by atoms with E-state index in [0.29, 0.717) is 17.6 Å². The first-order valence-corrected chi connectivity index (χ1v) is 15.3. The van der Waals surface area contributed by atoms with Crippen molar-refractivity contribution in [2.45, 2.75) is 86.4 Å². The Morgan fingerprint density at radius 2 is 1.66 bits per heavy atom. The summed E-state index contributed by atoms with van der Waals surface area (Å²) in [7, 11) is 0. The molecule has 5 aliphatic rings. The highest BCUT2D eigenvalue weighted by atomic mass is 16.9. The van der Waals surface area contributed by atoms with E-state index in [1.54, 1.807) is 49.4 Å². The minimum Gasteiger partial charge on any atom is -0.455 e. The lowest BCUT2D eigenvalue weighted by Gasteiger charge is -2.60. The first-order chi connectivity index (χ1) is 20.8. The molecule has 2 saturated heterocycles. The summed E-state index contributed by atoms with van der Waals surface area (Å²) in [5.74, 6) is -5.54. The van der Waals surface area contributed by atoms with Crippen molar-refractivity contribution in [1.82, 2.24) is 0 Å². The van der Waals surface area contributed by atoms with Crippen molar-refractivity contribution in [3.05, 3.63) is 83.9 Å². The third kappa shape index (κ3) is 3.51. The van der Waals surface area contributed by atoms with E-state index in [1.165, 1.54) is 0 Å². The van der Waals surface area contributed by atoms with Crippen molar-refractivity contribution in [3.8, 4) is 0 Å². The second-order valence-electron chi connectivity index (χ2n) is 13.7. The zero-order valence-corrected chi connectivity index (χ0v) is 25.0. The van der Waals surface area contributed by atoms with E-state index >= 15 is 0 Å². The van der Waals surface area contributed by atoms with Gasteiger partial charge < -0.3 is 44.5 Å². The topological polar surface area (TPSA) is 155 Å². The van der Waals surface area contributed by atoms with Crippen molar-refractivity contribution in [2.24, 2.45) is 23.7 Å². The first kappa shape index (κ1) is 30.0. The molecule has 0 aromatic heterocycles. The Labute approximate surface area is 255 Å². The molecule has 44 heavy (non-hydrogen) atoms. The van der Waals surface area contributed by atoms with Crippen molar-refractivity contribution in [2.75, 3.05) is 6.61 Å². The zero-order chi connectivity index (χ0) is 31.4. The maximum absolute atomic E-state index is 13.4. The monoisotopic (exact) mass is 608 g/mol. The van der Waals surface area contributed by atoms with Gasteiger partial charge in [-0.1, -0.05) is 69.0 Å². The standard InChI is InChI=1S/C34H40O10/c1-18(2)31-16-20(4)33-23-15-19(3)26(41-28(37)21-11-7-5-8-12-21)32(23,40)29(38)30(39,17-35)25(36)24(33)27(31)42-34(43-31,44-33)22-13-9-6-10-14-22/h5-14,19-20,23-27,29,35-36,38-40H,1,15-17H2,2-4H3/t19-,20+,23+,24-,25-,26-,27+,29+,30+,31+,32+,33-,34-/m0/s1. The van der Waals surface area contributed by atoms with E-state index in [9.17, 15) is 30.3 Å². The van der Waals surface area contributed by atoms with Gasteiger partial charge >= 0.3 is 11.9 Å². The molecule has 3 aliphatic carbocycles. The number of hydrogen-bond acceptors (Lipinski definition) is 10. The molecule has 3 saturated carbocycles. The molecular weight excluding hydrogens is 568 g/mol. The van der Waals surface area contributed by atoms with Crippen LogP contribution in [-0.4, -0.2) is 84.9 Å². The Kier molecular flexibility index (Phi) is 6.59. The molecule has 5 N–H and O–H groups in total. The number of ether oxygens (including phenoxy) is 4. The van der Waals surface area contributed by atoms with Crippen molar-refractivity contribution in [3.63, 3.8) is 0 Å². The Morgan fingerprint density at radius 3 is 2.27 bits per heavy atom. The van der Waals surface area contributed by atoms with E-state index in [2.05, 4.69) is 6.58 Å². The number of fused-ring (bicyclic) bond motifs is 2. The van der Waals surface area contributed by atoms with Gasteiger partial charge in [0.2, 0.25) is 0 Å². The number of rotatable bonds is 5. The van der Waals surface area contributed by atoms with Crippen LogP contribution in [0.5, 0.6) is 0 Å². The van der Waals surface area contributed by atoms with E-state index in [-0.39, 0.29) is 12.0 Å². The highest BCUT2D eigenvalue weighted by Crippen LogP contribution is 2.72. The van der Waals surface area contributed by atoms with Crippen LogP contribution in [0.15, 0.2) is 72.8 Å². The van der Waals surface area contributed by atoms with Gasteiger partial charge in [0.15, 0.2) is 0 Å². The lowest BCUT2D eigenvalue weighted by atomic mass is 9.53. The maximum atomic E-state index is 13.4. The molecule has 0 unspecified atom stereocenters. The van der Waals surface area contributed by atoms with E-state index in [0.717, 1.165) is 0 Å². The van der Waals surface area contributed by atoms with Crippen LogP contribution in [0.4, 0.5) is 0 Å². The predicted molar refractivity (Wildman–Crippen MR) is 155 cm³/mol. The van der Waals surface area contributed by atoms with Crippen molar-refractivity contribution < 1.29 is 49.3 Å². The highest BCUT2D eigenvalue weighted by Gasteiger charge is 2.85. The summed E-state index contributed by atoms with van der Waals surface area (Å²) in [6, 6.07) is 17.4. The number of esters is 1. The number of aliphatic hydroxyl groups excluding tert-OH is 3. The normalized spacial score (nSPS) is 48.7. The van der Waals surface area contributed by atoms with E-state index < -0.39 is 89.0 Å². The predicted octanol–water partition coefficient (Wildman–Crippen LogP) is 2.02. The minimum absolute atomic E-state index is 0.201. The number of aliphatic hydroxyl groups is 5. The smallest absolute Gasteiger partial charge is 0.338 e. The largest absolute Gasteiger partial charge is 0.455 e. The molecule has 7 rings (SSSR count). The molecule has 2 heterocycles. The summed E-state index contributed by atoms with van der Waals surface area (Å²) in [6.07, 6.45) is -5.71. The fourth-order valence-corrected chi connectivity index (χ4v) is 9.37. The van der Waals surface area contributed by atoms with Gasteiger partial charge in [0.1, 0.15) is 35.1 Å². The number of carbonyl (C=O) groups excluding carboxylic acids is 1. The summed E-state index contributed by atoms with van der Waals surface area (Å²) in [4.78, 5) is 13.4. The second kappa shape index (κ2) is 9.67. The van der Waals surface area contributed by atoms with Crippen LogP contribution < -0.4 is 0 Å². The molecule has 2 aliphatic heterocycles. The van der Waals surface area contributed by atoms with Crippen LogP contribution >= 0.6 is 0 Å². The van der Waals surface area contributed by atoms with Gasteiger partial charge in [-0.05, 0) is 49.3 Å². The lowest BCUT2D eigenvalue weighted by molar-refractivity contribution is -0.446. The zero-order valence-electron chi connectivity index (χ0n) is 25.0. The maximum Gasteiger partial charge on any atom is 0.338 e. The quantitative estimate of drug-likeness (QED) is 0.252. The molecule has 10 heteroatoms. The van der Waals surface area contributed by atoms with Gasteiger partial charge in [-0.2, -0.15) is 0 Å². The fourth-order valence-electron chi connectivity index (χ4n) is 9.37. The van der Waals surface area contributed by atoms with Crippen LogP contribution in [0, 0.1) is 23.7 Å². The van der Waals surface area contributed by atoms with Crippen LogP contribution in [-0.2, 0) is 24.9 Å². The van der Waals surface area contributed by atoms with Crippen LogP contribution in [0.3, 0.4) is 0 Å². The molecule has 0 amide bonds. The number of benzene rings is 2. The molecule has 2 aromatic carbocycles. The Balaban J connectivity index is 1.45. The average Bonchev–Trinajstić information content (AvgIpc) is 3.40. The Bertz CT molecular complexity index is 1470. The molecule has 3 bridgehead atoms. The summed E-state index contributed by atoms with van der Waals surface area (Å²) in [6.45, 7) is 8.67. The number of carbonyl (C=O) groups is 1. The van der Waals surface area contributed by atoms with Crippen LogP contribution in [0.25, 0.3) is 0 Å². The SMILES string of the molecule is C=C(C)[C@]12C[C@@H](C)[C@@]34O[C@@](c5ccccc5)(O[C@@H]1[C@@H]3[C@H](O)[C@](O)(CO)[C@@H](O)[C@@]1(O)[C@H]4C[C@H](C)[C@@H]1OC(=O)c1ccccc1)O2. The van der Waals surface area contributed by atoms with Gasteiger partial charge in [0.25, 0.3) is 0 Å². The molecule has 2 aromatic rings. The highest BCUT2D eigenvalue weighted by molar-refractivity contribution is 5.89. The van der Waals surface area contributed by atoms with Gasteiger partial charge in [-0.15, -0.1) is 0 Å². The molecule has 10 nitrogen and oxygen atoms in total. The molecule has 5 fully saturated rings. The van der Waals surface area contributed by atoms with E-state index in [1.807, 2.05) is 32.0 Å². The number of hydrogen-bond donors (Lipinski definition) is 5. The average molecular weight is 609 g/mol. The molecule has 236 valence electrons. The van der Waals surface area contributed by atoms with Crippen LogP contribution in [0.1, 0.15) is 49.5 Å². The molecular formula is C34H40O10. The lowest BCUT2D eigenvalue weighted by Crippen LogP contribution is -2.73. The third-order valence-electron chi connectivity index (χ3n) is 11.4. The van der Waals surface area contributed by atoms with Gasteiger partial charge in [0.05, 0.1) is 23.9 Å². The van der Waals surface area contributed by atoms with Crippen molar-refractivity contribution in [1.29, 1.82) is 0 Å². The van der Waals surface area contributed by atoms with Gasteiger partial charge in [-0.3, -0.25) is 0 Å². The van der Waals surface area contributed by atoms with Crippen molar-refractivity contribution >= 4 is 5.97 Å². The third-order valence-corrected chi connectivity index (χ3v) is 11.4. The fraction of sp³-hybridized carbons (Fsp3) is 0.559. The molecule has 0 spiro atoms. The van der Waals surface area contributed by atoms with Gasteiger partial charge in [-0.25, -0.2) is 4.79 Å². The first-order valence-electron chi connectivity index (χ1n) is 15.3. The van der Waals surface area contributed by atoms with E-state index in [4.69, 9.17) is 18.9 Å². The summed E-state index contributed by atoms with van der Waals surface area (Å²) < 4.78 is 26.5. The van der Waals surface area contributed by atoms with Gasteiger partial charge in [0, 0.05) is 17.4 Å². The molecule has 13 atom stereocenters. The van der Waals surface area contributed by atoms with Crippen LogP contribution in [0.2, 0.25) is 0 Å². The Morgan fingerprint density at radius 1 is 1.02 bits per heavy atom. The minimum atomic E-state index is -2.65. The Hall–Kier alpha value is -2.67. The molecule has 0 radical (unpaired) electrons. The second-order valence-corrected chi connectivity index (χ2v) is 13.7.